The monoisotopic (exact) mass is 438 g/mol. The van der Waals surface area contributed by atoms with E-state index in [1.54, 1.807) is 67.0 Å². The Kier molecular flexibility index (Phi) is 5.33. The molecule has 0 aliphatic carbocycles. The Bertz CT molecular complexity index is 1170. The van der Waals surface area contributed by atoms with Crippen molar-refractivity contribution in [2.45, 2.75) is 13.0 Å². The predicted octanol–water partition coefficient (Wildman–Crippen LogP) is 5.32. The fourth-order valence-corrected chi connectivity index (χ4v) is 3.75. The van der Waals surface area contributed by atoms with Gasteiger partial charge in [0.25, 0.3) is 11.7 Å². The van der Waals surface area contributed by atoms with E-state index in [1.807, 2.05) is 6.92 Å². The van der Waals surface area contributed by atoms with Gasteiger partial charge in [-0.15, -0.1) is 0 Å². The first-order valence-corrected chi connectivity index (χ1v) is 9.87. The van der Waals surface area contributed by atoms with E-state index in [9.17, 15) is 14.7 Å². The molecule has 5 nitrogen and oxygen atoms in total. The van der Waals surface area contributed by atoms with Crippen LogP contribution in [0, 0.1) is 6.92 Å². The Labute approximate surface area is 183 Å². The lowest BCUT2D eigenvalue weighted by Crippen LogP contribution is -2.29. The van der Waals surface area contributed by atoms with E-state index in [1.165, 1.54) is 4.90 Å². The molecule has 7 heteroatoms. The van der Waals surface area contributed by atoms with Crippen molar-refractivity contribution in [3.05, 3.63) is 99.3 Å². The molecule has 0 spiro atoms. The molecule has 1 aromatic heterocycles. The third kappa shape index (κ3) is 3.47. The molecular formula is C23H16Cl2N2O3. The maximum absolute atomic E-state index is 13.0. The molecule has 4 rings (SSSR count). The van der Waals surface area contributed by atoms with Crippen LogP contribution in [-0.4, -0.2) is 21.8 Å². The molecule has 2 heterocycles. The lowest BCUT2D eigenvalue weighted by Gasteiger charge is -2.25. The van der Waals surface area contributed by atoms with Gasteiger partial charge < -0.3 is 5.11 Å². The number of amides is 1. The molecule has 2 aromatic carbocycles. The Morgan fingerprint density at radius 3 is 2.43 bits per heavy atom. The number of aliphatic hydroxyl groups excluding tert-OH is 1. The van der Waals surface area contributed by atoms with Gasteiger partial charge in [-0.05, 0) is 60.5 Å². The second-order valence-corrected chi connectivity index (χ2v) is 7.74. The van der Waals surface area contributed by atoms with Crippen LogP contribution >= 0.6 is 23.2 Å². The van der Waals surface area contributed by atoms with Crippen LogP contribution in [0.1, 0.15) is 22.7 Å². The van der Waals surface area contributed by atoms with E-state index in [2.05, 4.69) is 4.98 Å². The van der Waals surface area contributed by atoms with Gasteiger partial charge in [0.1, 0.15) is 5.76 Å². The minimum Gasteiger partial charge on any atom is -0.507 e. The minimum absolute atomic E-state index is 0.0213. The zero-order valence-electron chi connectivity index (χ0n) is 15.8. The summed E-state index contributed by atoms with van der Waals surface area (Å²) in [5.74, 6) is -1.81. The van der Waals surface area contributed by atoms with Crippen molar-refractivity contribution in [2.75, 3.05) is 4.90 Å². The predicted molar refractivity (Wildman–Crippen MR) is 117 cm³/mol. The first-order chi connectivity index (χ1) is 14.4. The second-order valence-electron chi connectivity index (χ2n) is 6.90. The molecule has 1 saturated heterocycles. The SMILES string of the molecule is Cc1ccc(N2C(=O)C(=O)/C(=C(/O)c3ccc(Cl)cc3)C2c2cccnc2)cc1Cl. The largest absolute Gasteiger partial charge is 0.507 e. The van der Waals surface area contributed by atoms with E-state index in [0.29, 0.717) is 26.9 Å². The topological polar surface area (TPSA) is 70.5 Å². The number of hydrogen-bond acceptors (Lipinski definition) is 4. The van der Waals surface area contributed by atoms with Gasteiger partial charge in [-0.25, -0.2) is 0 Å². The van der Waals surface area contributed by atoms with Crippen LogP contribution in [0.4, 0.5) is 5.69 Å². The van der Waals surface area contributed by atoms with E-state index in [0.717, 1.165) is 5.56 Å². The summed E-state index contributed by atoms with van der Waals surface area (Å²) in [6, 6.07) is 14.1. The molecular weight excluding hydrogens is 423 g/mol. The summed E-state index contributed by atoms with van der Waals surface area (Å²) < 4.78 is 0. The summed E-state index contributed by atoms with van der Waals surface area (Å²) in [6.45, 7) is 1.85. The lowest BCUT2D eigenvalue weighted by atomic mass is 9.96. The summed E-state index contributed by atoms with van der Waals surface area (Å²) in [4.78, 5) is 31.5. The van der Waals surface area contributed by atoms with Crippen LogP contribution < -0.4 is 4.90 Å². The highest BCUT2D eigenvalue weighted by molar-refractivity contribution is 6.51. The van der Waals surface area contributed by atoms with Crippen molar-refractivity contribution in [3.8, 4) is 0 Å². The number of aromatic nitrogens is 1. The van der Waals surface area contributed by atoms with Crippen LogP contribution in [-0.2, 0) is 9.59 Å². The Hall–Kier alpha value is -3.15. The van der Waals surface area contributed by atoms with Crippen LogP contribution in [0.25, 0.3) is 5.76 Å². The molecule has 1 amide bonds. The molecule has 0 saturated carbocycles. The molecule has 1 atom stereocenters. The van der Waals surface area contributed by atoms with Crippen LogP contribution in [0.15, 0.2) is 72.6 Å². The number of aryl methyl sites for hydroxylation is 1. The molecule has 1 aliphatic rings. The first-order valence-electron chi connectivity index (χ1n) is 9.11. The number of nitrogens with zero attached hydrogens (tertiary/aromatic N) is 2. The summed E-state index contributed by atoms with van der Waals surface area (Å²) in [7, 11) is 0. The van der Waals surface area contributed by atoms with E-state index < -0.39 is 17.7 Å². The number of pyridine rings is 1. The highest BCUT2D eigenvalue weighted by Crippen LogP contribution is 2.42. The van der Waals surface area contributed by atoms with Crippen molar-refractivity contribution in [3.63, 3.8) is 0 Å². The van der Waals surface area contributed by atoms with Gasteiger partial charge in [-0.2, -0.15) is 0 Å². The fraction of sp³-hybridized carbons (Fsp3) is 0.0870. The number of aliphatic hydroxyl groups is 1. The number of carbonyl (C=O) groups excluding carboxylic acids is 2. The Morgan fingerprint density at radius 1 is 1.07 bits per heavy atom. The summed E-state index contributed by atoms with van der Waals surface area (Å²) in [5, 5.41) is 11.9. The molecule has 3 aromatic rings. The van der Waals surface area contributed by atoms with Crippen LogP contribution in [0.2, 0.25) is 10.0 Å². The molecule has 1 fully saturated rings. The van der Waals surface area contributed by atoms with Crippen molar-refractivity contribution in [2.24, 2.45) is 0 Å². The number of carbonyl (C=O) groups is 2. The third-order valence-electron chi connectivity index (χ3n) is 5.00. The smallest absolute Gasteiger partial charge is 0.300 e. The molecule has 0 bridgehead atoms. The highest BCUT2D eigenvalue weighted by Gasteiger charge is 2.47. The van der Waals surface area contributed by atoms with E-state index in [-0.39, 0.29) is 11.3 Å². The molecule has 1 aliphatic heterocycles. The van der Waals surface area contributed by atoms with Gasteiger partial charge in [0.15, 0.2) is 0 Å². The van der Waals surface area contributed by atoms with Gasteiger partial charge in [0, 0.05) is 33.7 Å². The molecule has 30 heavy (non-hydrogen) atoms. The van der Waals surface area contributed by atoms with Crippen molar-refractivity contribution in [1.82, 2.24) is 4.98 Å². The maximum atomic E-state index is 13.0. The zero-order chi connectivity index (χ0) is 21.4. The Morgan fingerprint density at radius 2 is 1.80 bits per heavy atom. The molecule has 1 unspecified atom stereocenters. The number of benzene rings is 2. The fourth-order valence-electron chi connectivity index (χ4n) is 3.45. The number of anilines is 1. The molecule has 0 radical (unpaired) electrons. The molecule has 150 valence electrons. The maximum Gasteiger partial charge on any atom is 0.300 e. The summed E-state index contributed by atoms with van der Waals surface area (Å²) in [5.41, 5.74) is 2.25. The number of hydrogen-bond donors (Lipinski definition) is 1. The van der Waals surface area contributed by atoms with E-state index >= 15 is 0 Å². The van der Waals surface area contributed by atoms with Crippen LogP contribution in [0.3, 0.4) is 0 Å². The number of ketones is 1. The average Bonchev–Trinajstić information content (AvgIpc) is 3.01. The number of rotatable bonds is 3. The second kappa shape index (κ2) is 7.94. The summed E-state index contributed by atoms with van der Waals surface area (Å²) in [6.07, 6.45) is 3.16. The van der Waals surface area contributed by atoms with Crippen molar-refractivity contribution in [1.29, 1.82) is 0 Å². The number of halogens is 2. The minimum atomic E-state index is -0.854. The number of Topliss-reactive ketones (excluding diaryl/α,β-unsaturated/α-hetero) is 1. The zero-order valence-corrected chi connectivity index (χ0v) is 17.4. The first kappa shape index (κ1) is 20.1. The van der Waals surface area contributed by atoms with Gasteiger partial charge >= 0.3 is 0 Å². The van der Waals surface area contributed by atoms with Crippen molar-refractivity contribution < 1.29 is 14.7 Å². The Balaban J connectivity index is 1.94. The third-order valence-corrected chi connectivity index (χ3v) is 5.65. The average molecular weight is 439 g/mol. The van der Waals surface area contributed by atoms with Gasteiger partial charge in [0.05, 0.1) is 11.6 Å². The quantitative estimate of drug-likeness (QED) is 0.341. The summed E-state index contributed by atoms with van der Waals surface area (Å²) >= 11 is 12.2. The van der Waals surface area contributed by atoms with Crippen LogP contribution in [0.5, 0.6) is 0 Å². The van der Waals surface area contributed by atoms with Crippen molar-refractivity contribution >= 4 is 46.3 Å². The molecule has 1 N–H and O–H groups in total. The van der Waals surface area contributed by atoms with Gasteiger partial charge in [-0.3, -0.25) is 19.5 Å². The standard InChI is InChI=1S/C23H16Cl2N2O3/c1-13-4-9-17(11-18(13)25)27-20(15-3-2-10-26-12-15)19(22(29)23(27)30)21(28)14-5-7-16(24)8-6-14/h2-12,20,28H,1H3/b21-19+. The van der Waals surface area contributed by atoms with E-state index in [4.69, 9.17) is 23.2 Å². The lowest BCUT2D eigenvalue weighted by molar-refractivity contribution is -0.132. The van der Waals surface area contributed by atoms with Gasteiger partial charge in [-0.1, -0.05) is 35.3 Å². The normalized spacial score (nSPS) is 18.1. The van der Waals surface area contributed by atoms with Gasteiger partial charge in [0.2, 0.25) is 0 Å². The highest BCUT2D eigenvalue weighted by atomic mass is 35.5.